The second-order valence-corrected chi connectivity index (χ2v) is 7.53. The maximum absolute atomic E-state index is 12.7. The Morgan fingerprint density at radius 3 is 2.71 bits per heavy atom. The number of nitrogens with two attached hydrogens (primary N) is 1. The standard InChI is InChI=1S/C21H16ClN3O2S/c1-27-18-9-6-12(21-25-16-4-2-3-5-19(16)28-21)10-17(18)24-20(26)14-8-7-13(23)11-15(14)22/h2-11H,23H2,1H3,(H,24,26). The van der Waals surface area contributed by atoms with E-state index in [0.29, 0.717) is 27.7 Å². The minimum atomic E-state index is -0.343. The fourth-order valence-electron chi connectivity index (χ4n) is 2.84. The highest BCUT2D eigenvalue weighted by Crippen LogP contribution is 2.35. The molecule has 0 aliphatic carbocycles. The number of methoxy groups -OCH3 is 1. The second-order valence-electron chi connectivity index (χ2n) is 6.10. The Bertz CT molecular complexity index is 1160. The number of carbonyl (C=O) groups excluding carboxylic acids is 1. The molecule has 0 atom stereocenters. The summed E-state index contributed by atoms with van der Waals surface area (Å²) in [6.07, 6.45) is 0. The van der Waals surface area contributed by atoms with Crippen LogP contribution in [0.3, 0.4) is 0 Å². The fourth-order valence-corrected chi connectivity index (χ4v) is 4.08. The van der Waals surface area contributed by atoms with Crippen LogP contribution in [0.4, 0.5) is 11.4 Å². The lowest BCUT2D eigenvalue weighted by atomic mass is 10.1. The van der Waals surface area contributed by atoms with Crippen molar-refractivity contribution in [3.05, 3.63) is 71.2 Å². The number of amides is 1. The number of thiazole rings is 1. The van der Waals surface area contributed by atoms with Crippen LogP contribution < -0.4 is 15.8 Å². The van der Waals surface area contributed by atoms with E-state index in [2.05, 4.69) is 10.3 Å². The van der Waals surface area contributed by atoms with Crippen LogP contribution in [0, 0.1) is 0 Å². The lowest BCUT2D eigenvalue weighted by molar-refractivity contribution is 0.102. The van der Waals surface area contributed by atoms with E-state index in [9.17, 15) is 4.79 Å². The lowest BCUT2D eigenvalue weighted by Gasteiger charge is -2.12. The van der Waals surface area contributed by atoms with E-state index in [0.717, 1.165) is 20.8 Å². The third-order valence-corrected chi connectivity index (χ3v) is 5.62. The van der Waals surface area contributed by atoms with Crippen molar-refractivity contribution in [2.24, 2.45) is 0 Å². The minimum Gasteiger partial charge on any atom is -0.495 e. The number of carbonyl (C=O) groups is 1. The number of aromatic nitrogens is 1. The molecule has 0 aliphatic rings. The zero-order valence-electron chi connectivity index (χ0n) is 14.9. The van der Waals surface area contributed by atoms with Crippen molar-refractivity contribution in [1.82, 2.24) is 4.98 Å². The molecule has 28 heavy (non-hydrogen) atoms. The molecule has 0 aliphatic heterocycles. The van der Waals surface area contributed by atoms with Crippen molar-refractivity contribution in [2.45, 2.75) is 0 Å². The first-order valence-electron chi connectivity index (χ1n) is 8.45. The topological polar surface area (TPSA) is 77.2 Å². The summed E-state index contributed by atoms with van der Waals surface area (Å²) in [6, 6.07) is 18.3. The van der Waals surface area contributed by atoms with Gasteiger partial charge in [0.15, 0.2) is 0 Å². The van der Waals surface area contributed by atoms with E-state index in [4.69, 9.17) is 22.1 Å². The van der Waals surface area contributed by atoms with Gasteiger partial charge in [-0.25, -0.2) is 4.98 Å². The van der Waals surface area contributed by atoms with E-state index in [1.165, 1.54) is 0 Å². The Morgan fingerprint density at radius 2 is 1.96 bits per heavy atom. The summed E-state index contributed by atoms with van der Waals surface area (Å²) >= 11 is 7.75. The lowest BCUT2D eigenvalue weighted by Crippen LogP contribution is -2.13. The molecule has 4 aromatic rings. The number of rotatable bonds is 4. The molecule has 0 bridgehead atoms. The highest BCUT2D eigenvalue weighted by Gasteiger charge is 2.15. The van der Waals surface area contributed by atoms with Crippen LogP contribution in [-0.2, 0) is 0 Å². The first-order valence-corrected chi connectivity index (χ1v) is 9.65. The normalized spacial score (nSPS) is 10.8. The van der Waals surface area contributed by atoms with Crippen molar-refractivity contribution in [3.8, 4) is 16.3 Å². The van der Waals surface area contributed by atoms with E-state index < -0.39 is 0 Å². The summed E-state index contributed by atoms with van der Waals surface area (Å²) in [5, 5.41) is 4.03. The van der Waals surface area contributed by atoms with E-state index in [-0.39, 0.29) is 5.91 Å². The molecule has 0 saturated carbocycles. The first kappa shape index (κ1) is 18.3. The minimum absolute atomic E-state index is 0.291. The molecule has 5 nitrogen and oxygen atoms in total. The van der Waals surface area contributed by atoms with E-state index in [1.54, 1.807) is 36.6 Å². The zero-order chi connectivity index (χ0) is 19.7. The molecule has 1 aromatic heterocycles. The number of para-hydroxylation sites is 1. The molecule has 140 valence electrons. The van der Waals surface area contributed by atoms with Gasteiger partial charge in [0.1, 0.15) is 10.8 Å². The van der Waals surface area contributed by atoms with E-state index >= 15 is 0 Å². The largest absolute Gasteiger partial charge is 0.495 e. The van der Waals surface area contributed by atoms with Gasteiger partial charge in [-0.2, -0.15) is 0 Å². The van der Waals surface area contributed by atoms with Gasteiger partial charge >= 0.3 is 0 Å². The average Bonchev–Trinajstić information content (AvgIpc) is 3.12. The van der Waals surface area contributed by atoms with Gasteiger partial charge in [-0.15, -0.1) is 11.3 Å². The number of anilines is 2. The molecule has 0 radical (unpaired) electrons. The predicted molar refractivity (Wildman–Crippen MR) is 115 cm³/mol. The monoisotopic (exact) mass is 409 g/mol. The summed E-state index contributed by atoms with van der Waals surface area (Å²) in [4.78, 5) is 17.4. The quantitative estimate of drug-likeness (QED) is 0.439. The van der Waals surface area contributed by atoms with Crippen LogP contribution in [0.5, 0.6) is 5.75 Å². The zero-order valence-corrected chi connectivity index (χ0v) is 16.5. The maximum Gasteiger partial charge on any atom is 0.257 e. The van der Waals surface area contributed by atoms with Crippen molar-refractivity contribution in [2.75, 3.05) is 18.2 Å². The Balaban J connectivity index is 1.69. The van der Waals surface area contributed by atoms with Crippen LogP contribution in [-0.4, -0.2) is 18.0 Å². The Labute approximate surface area is 170 Å². The summed E-state index contributed by atoms with van der Waals surface area (Å²) in [7, 11) is 1.55. The summed E-state index contributed by atoms with van der Waals surface area (Å²) in [6.45, 7) is 0. The molecule has 0 unspecified atom stereocenters. The molecular formula is C21H16ClN3O2S. The van der Waals surface area contributed by atoms with Crippen LogP contribution >= 0.6 is 22.9 Å². The number of hydrogen-bond acceptors (Lipinski definition) is 5. The molecule has 3 aromatic carbocycles. The van der Waals surface area contributed by atoms with Crippen molar-refractivity contribution in [3.63, 3.8) is 0 Å². The average molecular weight is 410 g/mol. The highest BCUT2D eigenvalue weighted by molar-refractivity contribution is 7.21. The van der Waals surface area contributed by atoms with Crippen LogP contribution in [0.2, 0.25) is 5.02 Å². The summed E-state index contributed by atoms with van der Waals surface area (Å²) < 4.78 is 6.50. The number of halogens is 1. The number of nitrogen functional groups attached to an aromatic ring is 1. The van der Waals surface area contributed by atoms with Gasteiger partial charge < -0.3 is 15.8 Å². The SMILES string of the molecule is COc1ccc(-c2nc3ccccc3s2)cc1NC(=O)c1ccc(N)cc1Cl. The van der Waals surface area contributed by atoms with Gasteiger partial charge in [0.2, 0.25) is 0 Å². The Kier molecular flexibility index (Phi) is 4.90. The predicted octanol–water partition coefficient (Wildman–Crippen LogP) is 5.46. The Hall–Kier alpha value is -3.09. The van der Waals surface area contributed by atoms with Gasteiger partial charge in [-0.1, -0.05) is 23.7 Å². The number of fused-ring (bicyclic) bond motifs is 1. The third kappa shape index (κ3) is 3.52. The van der Waals surface area contributed by atoms with Crippen LogP contribution in [0.1, 0.15) is 10.4 Å². The first-order chi connectivity index (χ1) is 13.5. The van der Waals surface area contributed by atoms with Crippen molar-refractivity contribution in [1.29, 1.82) is 0 Å². The van der Waals surface area contributed by atoms with Crippen LogP contribution in [0.15, 0.2) is 60.7 Å². The summed E-state index contributed by atoms with van der Waals surface area (Å²) in [5.74, 6) is 0.203. The molecule has 0 spiro atoms. The third-order valence-electron chi connectivity index (χ3n) is 4.23. The number of nitrogens with one attached hydrogen (secondary N) is 1. The van der Waals surface area contributed by atoms with Crippen LogP contribution in [0.25, 0.3) is 20.8 Å². The molecule has 1 amide bonds. The number of nitrogens with zero attached hydrogens (tertiary/aromatic N) is 1. The molecule has 0 fully saturated rings. The van der Waals surface area contributed by atoms with Crippen molar-refractivity contribution < 1.29 is 9.53 Å². The highest BCUT2D eigenvalue weighted by atomic mass is 35.5. The van der Waals surface area contributed by atoms with Gasteiger partial charge in [0.25, 0.3) is 5.91 Å². The molecule has 1 heterocycles. The molecular weight excluding hydrogens is 394 g/mol. The van der Waals surface area contributed by atoms with Gasteiger partial charge in [-0.05, 0) is 48.5 Å². The number of ether oxygens (including phenoxy) is 1. The summed E-state index contributed by atoms with van der Waals surface area (Å²) in [5.41, 5.74) is 8.90. The van der Waals surface area contributed by atoms with Crippen molar-refractivity contribution >= 4 is 50.4 Å². The fraction of sp³-hybridized carbons (Fsp3) is 0.0476. The number of benzene rings is 3. The van der Waals surface area contributed by atoms with Gasteiger partial charge in [0, 0.05) is 11.3 Å². The smallest absolute Gasteiger partial charge is 0.257 e. The second kappa shape index (κ2) is 7.50. The number of hydrogen-bond donors (Lipinski definition) is 2. The Morgan fingerprint density at radius 1 is 1.14 bits per heavy atom. The molecule has 7 heteroatoms. The maximum atomic E-state index is 12.7. The molecule has 0 saturated heterocycles. The van der Waals surface area contributed by atoms with E-state index in [1.807, 2.05) is 42.5 Å². The van der Waals surface area contributed by atoms with Gasteiger partial charge in [-0.3, -0.25) is 4.79 Å². The van der Waals surface area contributed by atoms with Gasteiger partial charge in [0.05, 0.1) is 33.6 Å². The molecule has 3 N–H and O–H groups in total. The molecule has 4 rings (SSSR count).